The third-order valence-electron chi connectivity index (χ3n) is 11.5. The fraction of sp³-hybridized carbons (Fsp3) is 0.744. The lowest BCUT2D eigenvalue weighted by Gasteiger charge is -2.28. The SMILES string of the molecule is C=C(C(=O)OCCCCCCCCCOC(=O)C(=C)C12CC1CC(C(=O)OCC)(C(=O)OCC)C2)C12CC1CC(C(=O)OCC)(C(=O)OCC)C2. The van der Waals surface area contributed by atoms with E-state index in [0.717, 1.165) is 32.1 Å². The maximum Gasteiger partial charge on any atom is 0.333 e. The van der Waals surface area contributed by atoms with Crippen LogP contribution in [0.2, 0.25) is 0 Å². The fourth-order valence-corrected chi connectivity index (χ4v) is 8.61. The highest BCUT2D eigenvalue weighted by Gasteiger charge is 2.74. The topological polar surface area (TPSA) is 158 Å². The van der Waals surface area contributed by atoms with Crippen LogP contribution in [0.3, 0.4) is 0 Å². The first-order valence-electron chi connectivity index (χ1n) is 18.8. The highest BCUT2D eigenvalue weighted by Crippen LogP contribution is 2.74. The number of esters is 6. The van der Waals surface area contributed by atoms with Crippen LogP contribution in [0.5, 0.6) is 0 Å². The molecule has 4 fully saturated rings. The molecule has 4 atom stereocenters. The van der Waals surface area contributed by atoms with Crippen LogP contribution >= 0.6 is 0 Å². The molecule has 0 radical (unpaired) electrons. The number of fused-ring (bicyclic) bond motifs is 2. The third kappa shape index (κ3) is 8.04. The Morgan fingerprint density at radius 3 is 1.06 bits per heavy atom. The highest BCUT2D eigenvalue weighted by molar-refractivity contribution is 6.03. The zero-order valence-corrected chi connectivity index (χ0v) is 30.9. The van der Waals surface area contributed by atoms with Crippen LogP contribution in [0.15, 0.2) is 24.3 Å². The average molecular weight is 717 g/mol. The zero-order chi connectivity index (χ0) is 37.5. The van der Waals surface area contributed by atoms with E-state index in [1.165, 1.54) is 0 Å². The minimum Gasteiger partial charge on any atom is -0.465 e. The number of rotatable bonds is 22. The second kappa shape index (κ2) is 16.8. The Morgan fingerprint density at radius 2 is 0.765 bits per heavy atom. The first kappa shape index (κ1) is 40.1. The van der Waals surface area contributed by atoms with Gasteiger partial charge in [-0.1, -0.05) is 45.3 Å². The van der Waals surface area contributed by atoms with E-state index >= 15 is 0 Å². The molecule has 12 nitrogen and oxygen atoms in total. The number of carbonyl (C=O) groups excluding carboxylic acids is 6. The van der Waals surface area contributed by atoms with Gasteiger partial charge < -0.3 is 28.4 Å². The first-order chi connectivity index (χ1) is 24.3. The zero-order valence-electron chi connectivity index (χ0n) is 30.9. The van der Waals surface area contributed by atoms with Gasteiger partial charge in [-0.05, 0) is 90.9 Å². The van der Waals surface area contributed by atoms with Crippen molar-refractivity contribution >= 4 is 35.8 Å². The van der Waals surface area contributed by atoms with Crippen LogP contribution in [-0.2, 0) is 57.2 Å². The minimum atomic E-state index is -1.41. The molecule has 0 aliphatic heterocycles. The van der Waals surface area contributed by atoms with E-state index in [2.05, 4.69) is 13.2 Å². The summed E-state index contributed by atoms with van der Waals surface area (Å²) in [5, 5.41) is 0. The van der Waals surface area contributed by atoms with Gasteiger partial charge in [-0.25, -0.2) is 9.59 Å². The number of hydrogen-bond acceptors (Lipinski definition) is 12. The van der Waals surface area contributed by atoms with Gasteiger partial charge in [0.25, 0.3) is 0 Å². The lowest BCUT2D eigenvalue weighted by atomic mass is 9.79. The molecule has 4 aliphatic carbocycles. The van der Waals surface area contributed by atoms with E-state index < -0.39 is 57.5 Å². The maximum atomic E-state index is 12.9. The standard InChI is InChI=1S/C39H56O12/c1-7-46-32(42)38(33(43)47-8-2)22-28-20-36(28,24-38)26(5)30(40)50-18-16-14-12-11-13-15-17-19-51-31(41)27(6)37-21-29(37)23-39(25-37,34(44)48-9-3)35(45)49-10-4/h28-29H,5-25H2,1-4H3. The number of carbonyl (C=O) groups is 6. The van der Waals surface area contributed by atoms with E-state index in [4.69, 9.17) is 28.4 Å². The van der Waals surface area contributed by atoms with Gasteiger partial charge in [-0.2, -0.15) is 0 Å². The van der Waals surface area contributed by atoms with E-state index in [0.29, 0.717) is 36.8 Å². The molecule has 0 aromatic carbocycles. The molecular weight excluding hydrogens is 660 g/mol. The molecular formula is C39H56O12. The van der Waals surface area contributed by atoms with Crippen LogP contribution in [0.25, 0.3) is 0 Å². The summed E-state index contributed by atoms with van der Waals surface area (Å²) in [5.74, 6) is -3.40. The molecule has 284 valence electrons. The lowest BCUT2D eigenvalue weighted by Crippen LogP contribution is -2.42. The molecule has 0 N–H and O–H groups in total. The molecule has 0 bridgehead atoms. The third-order valence-corrected chi connectivity index (χ3v) is 11.5. The Labute approximate surface area is 301 Å². The Balaban J connectivity index is 1.08. The van der Waals surface area contributed by atoms with Crippen LogP contribution in [0, 0.1) is 33.5 Å². The molecule has 0 amide bonds. The Bertz CT molecular complexity index is 1240. The summed E-state index contributed by atoms with van der Waals surface area (Å²) in [5.41, 5.74) is -3.44. The lowest BCUT2D eigenvalue weighted by molar-refractivity contribution is -0.174. The molecule has 0 spiro atoms. The van der Waals surface area contributed by atoms with Gasteiger partial charge in [0.1, 0.15) is 0 Å². The summed E-state index contributed by atoms with van der Waals surface area (Å²) in [6.07, 6.45) is 8.37. The van der Waals surface area contributed by atoms with Crippen molar-refractivity contribution in [3.05, 3.63) is 24.3 Å². The summed E-state index contributed by atoms with van der Waals surface area (Å²) in [6.45, 7) is 15.9. The Hall–Kier alpha value is -3.70. The minimum absolute atomic E-state index is 0.0119. The van der Waals surface area contributed by atoms with Gasteiger partial charge >= 0.3 is 35.8 Å². The summed E-state index contributed by atoms with van der Waals surface area (Å²) < 4.78 is 32.0. The molecule has 0 aromatic rings. The molecule has 0 saturated heterocycles. The average Bonchev–Trinajstić information content (AvgIpc) is 3.91. The van der Waals surface area contributed by atoms with Gasteiger partial charge in [0, 0.05) is 22.0 Å². The Kier molecular flexibility index (Phi) is 13.2. The second-order valence-electron chi connectivity index (χ2n) is 14.6. The number of ether oxygens (including phenoxy) is 6. The molecule has 0 aromatic heterocycles. The van der Waals surface area contributed by atoms with Crippen molar-refractivity contribution in [3.63, 3.8) is 0 Å². The van der Waals surface area contributed by atoms with Gasteiger partial charge in [0.05, 0.1) is 39.6 Å². The molecule has 0 heterocycles. The fourth-order valence-electron chi connectivity index (χ4n) is 8.61. The van der Waals surface area contributed by atoms with Gasteiger partial charge in [-0.15, -0.1) is 0 Å². The van der Waals surface area contributed by atoms with Crippen molar-refractivity contribution in [1.82, 2.24) is 0 Å². The van der Waals surface area contributed by atoms with Crippen LogP contribution < -0.4 is 0 Å². The van der Waals surface area contributed by atoms with Crippen LogP contribution in [0.1, 0.15) is 111 Å². The molecule has 51 heavy (non-hydrogen) atoms. The van der Waals surface area contributed by atoms with Crippen molar-refractivity contribution in [2.45, 2.75) is 111 Å². The predicted molar refractivity (Wildman–Crippen MR) is 183 cm³/mol. The maximum absolute atomic E-state index is 12.9. The Morgan fingerprint density at radius 1 is 0.471 bits per heavy atom. The second-order valence-corrected chi connectivity index (χ2v) is 14.6. The van der Waals surface area contributed by atoms with Crippen molar-refractivity contribution in [1.29, 1.82) is 0 Å². The smallest absolute Gasteiger partial charge is 0.333 e. The molecule has 4 saturated carbocycles. The summed E-state index contributed by atoms with van der Waals surface area (Å²) >= 11 is 0. The van der Waals surface area contributed by atoms with Gasteiger partial charge in [0.15, 0.2) is 10.8 Å². The van der Waals surface area contributed by atoms with Crippen molar-refractivity contribution < 1.29 is 57.2 Å². The van der Waals surface area contributed by atoms with E-state index in [1.807, 2.05) is 0 Å². The van der Waals surface area contributed by atoms with Crippen LogP contribution in [-0.4, -0.2) is 75.5 Å². The van der Waals surface area contributed by atoms with E-state index in [-0.39, 0.29) is 77.2 Å². The summed E-state index contributed by atoms with van der Waals surface area (Å²) in [4.78, 5) is 77.1. The van der Waals surface area contributed by atoms with Gasteiger partial charge in [-0.3, -0.25) is 19.2 Å². The summed E-state index contributed by atoms with van der Waals surface area (Å²) in [7, 11) is 0. The number of hydrogen-bond donors (Lipinski definition) is 0. The van der Waals surface area contributed by atoms with Gasteiger partial charge in [0.2, 0.25) is 0 Å². The van der Waals surface area contributed by atoms with E-state index in [1.54, 1.807) is 27.7 Å². The molecule has 4 rings (SSSR count). The van der Waals surface area contributed by atoms with Crippen molar-refractivity contribution in [2.75, 3.05) is 39.6 Å². The van der Waals surface area contributed by atoms with Crippen molar-refractivity contribution in [3.8, 4) is 0 Å². The molecule has 4 aliphatic rings. The first-order valence-corrected chi connectivity index (χ1v) is 18.8. The number of unbranched alkanes of at least 4 members (excludes halogenated alkanes) is 6. The highest BCUT2D eigenvalue weighted by atomic mass is 16.6. The largest absolute Gasteiger partial charge is 0.465 e. The normalized spacial score (nSPS) is 25.7. The quantitative estimate of drug-likeness (QED) is 0.0441. The predicted octanol–water partition coefficient (Wildman–Crippen LogP) is 5.74. The van der Waals surface area contributed by atoms with Crippen LogP contribution in [0.4, 0.5) is 0 Å². The monoisotopic (exact) mass is 716 g/mol. The molecule has 12 heteroatoms. The van der Waals surface area contributed by atoms with Crippen molar-refractivity contribution in [2.24, 2.45) is 33.5 Å². The van der Waals surface area contributed by atoms with E-state index in [9.17, 15) is 28.8 Å². The molecule has 4 unspecified atom stereocenters. The summed E-state index contributed by atoms with van der Waals surface area (Å²) in [6, 6.07) is 0.